The van der Waals surface area contributed by atoms with Crippen LogP contribution in [0.25, 0.3) is 104 Å². The van der Waals surface area contributed by atoms with E-state index in [-0.39, 0.29) is 0 Å². The molecule has 0 amide bonds. The van der Waals surface area contributed by atoms with Crippen molar-refractivity contribution in [2.24, 2.45) is 0 Å². The van der Waals surface area contributed by atoms with Crippen molar-refractivity contribution in [1.82, 2.24) is 4.57 Å². The molecule has 1 heterocycles. The van der Waals surface area contributed by atoms with Crippen molar-refractivity contribution < 1.29 is 0 Å². The quantitative estimate of drug-likeness (QED) is 0.148. The van der Waals surface area contributed by atoms with Gasteiger partial charge in [-0.3, -0.25) is 0 Å². The molecule has 12 aromatic carbocycles. The second-order valence-corrected chi connectivity index (χ2v) is 17.6. The van der Waals surface area contributed by atoms with Crippen molar-refractivity contribution in [3.8, 4) is 39.1 Å². The maximum atomic E-state index is 2.55. The number of para-hydroxylation sites is 2. The van der Waals surface area contributed by atoms with Crippen LogP contribution in [-0.4, -0.2) is 4.57 Å². The summed E-state index contributed by atoms with van der Waals surface area (Å²) in [7, 11) is 0. The van der Waals surface area contributed by atoms with Crippen LogP contribution in [0.3, 0.4) is 0 Å². The summed E-state index contributed by atoms with van der Waals surface area (Å²) in [6.45, 7) is 0.643. The van der Waals surface area contributed by atoms with Gasteiger partial charge in [-0.1, -0.05) is 212 Å². The number of nitrogens with zero attached hydrogens (tertiary/aromatic N) is 2. The van der Waals surface area contributed by atoms with Gasteiger partial charge in [0.2, 0.25) is 0 Å². The number of benzene rings is 12. The van der Waals surface area contributed by atoms with Gasteiger partial charge >= 0.3 is 0 Å². The lowest BCUT2D eigenvalue weighted by atomic mass is 9.93. The van der Waals surface area contributed by atoms with E-state index in [1.54, 1.807) is 0 Å². The summed E-state index contributed by atoms with van der Waals surface area (Å²) in [5.41, 5.74) is 14.3. The fourth-order valence-corrected chi connectivity index (χ4v) is 10.7. The highest BCUT2D eigenvalue weighted by atomic mass is 15.1. The van der Waals surface area contributed by atoms with Gasteiger partial charge in [0, 0.05) is 50.7 Å². The van der Waals surface area contributed by atoms with E-state index in [1.807, 2.05) is 0 Å². The van der Waals surface area contributed by atoms with Crippen LogP contribution in [0.15, 0.2) is 255 Å². The largest absolute Gasteiger partial charge is 0.336 e. The highest BCUT2D eigenvalue weighted by Crippen LogP contribution is 2.44. The number of anilines is 2. The summed E-state index contributed by atoms with van der Waals surface area (Å²) in [6, 6.07) is 93.8. The molecule has 0 aliphatic rings. The van der Waals surface area contributed by atoms with Crippen LogP contribution in [0.5, 0.6) is 0 Å². The molecule has 314 valence electrons. The molecule has 0 fully saturated rings. The highest BCUT2D eigenvalue weighted by molar-refractivity contribution is 6.18. The Labute approximate surface area is 389 Å². The van der Waals surface area contributed by atoms with Gasteiger partial charge < -0.3 is 9.47 Å². The molecule has 0 unspecified atom stereocenters. The molecule has 13 aromatic rings. The van der Waals surface area contributed by atoms with E-state index in [4.69, 9.17) is 0 Å². The summed E-state index contributed by atoms with van der Waals surface area (Å²) in [5, 5.41) is 12.4. The maximum Gasteiger partial charge on any atom is 0.0619 e. The van der Waals surface area contributed by atoms with E-state index >= 15 is 0 Å². The first kappa shape index (κ1) is 38.7. The van der Waals surface area contributed by atoms with Crippen LogP contribution in [-0.2, 0) is 6.54 Å². The van der Waals surface area contributed by atoms with Gasteiger partial charge in [0.05, 0.1) is 11.0 Å². The van der Waals surface area contributed by atoms with E-state index in [9.17, 15) is 0 Å². The minimum Gasteiger partial charge on any atom is -0.336 e. The van der Waals surface area contributed by atoms with Crippen LogP contribution < -0.4 is 4.90 Å². The van der Waals surface area contributed by atoms with Crippen LogP contribution in [0.2, 0.25) is 0 Å². The van der Waals surface area contributed by atoms with E-state index in [1.165, 1.54) is 104 Å². The Bertz CT molecular complexity index is 4040. The van der Waals surface area contributed by atoms with Crippen molar-refractivity contribution in [3.63, 3.8) is 0 Å². The standard InChI is InChI=1S/C65H44N2/c1-3-19-47-40-50(34-32-44(47)16-1)55-38-39-63(59-28-10-9-27-58(55)59)66(62-30-13-11-25-56(62)51-35-33-45-17-2-4-20-48(45)41-51)43-52-21-6-7-24-54(52)49-22-15-23-53(42-49)67-64-31-14-12-29-60(64)61-37-36-46-18-5-8-26-57(46)65(61)67/h1-42H,43H2. The molecule has 2 nitrogen and oxygen atoms in total. The Hall–Kier alpha value is -8.72. The maximum absolute atomic E-state index is 2.55. The molecule has 0 N–H and O–H groups in total. The molecule has 0 bridgehead atoms. The van der Waals surface area contributed by atoms with Crippen LogP contribution in [0, 0.1) is 0 Å². The fourth-order valence-electron chi connectivity index (χ4n) is 10.7. The summed E-state index contributed by atoms with van der Waals surface area (Å²) in [6.07, 6.45) is 0. The van der Waals surface area contributed by atoms with Gasteiger partial charge in [0.1, 0.15) is 0 Å². The molecule has 0 spiro atoms. The first-order valence-electron chi connectivity index (χ1n) is 23.2. The third-order valence-corrected chi connectivity index (χ3v) is 13.8. The number of aromatic nitrogens is 1. The lowest BCUT2D eigenvalue weighted by Gasteiger charge is -2.30. The normalized spacial score (nSPS) is 11.6. The predicted molar refractivity (Wildman–Crippen MR) is 286 cm³/mol. The third kappa shape index (κ3) is 6.65. The first-order valence-corrected chi connectivity index (χ1v) is 23.2. The zero-order valence-corrected chi connectivity index (χ0v) is 36.9. The van der Waals surface area contributed by atoms with Gasteiger partial charge in [-0.2, -0.15) is 0 Å². The van der Waals surface area contributed by atoms with Crippen molar-refractivity contribution in [3.05, 3.63) is 260 Å². The lowest BCUT2D eigenvalue weighted by molar-refractivity contribution is 0.983. The van der Waals surface area contributed by atoms with Gasteiger partial charge in [-0.15, -0.1) is 0 Å². The van der Waals surface area contributed by atoms with Gasteiger partial charge in [0.25, 0.3) is 0 Å². The molecule has 0 aliphatic carbocycles. The summed E-state index contributed by atoms with van der Waals surface area (Å²) < 4.78 is 2.47. The topological polar surface area (TPSA) is 8.17 Å². The van der Waals surface area contributed by atoms with E-state index in [0.29, 0.717) is 6.54 Å². The molecule has 0 saturated heterocycles. The average Bonchev–Trinajstić information content (AvgIpc) is 3.75. The van der Waals surface area contributed by atoms with Gasteiger partial charge in [-0.05, 0) is 108 Å². The molecule has 2 heteroatoms. The minimum absolute atomic E-state index is 0.643. The lowest BCUT2D eigenvalue weighted by Crippen LogP contribution is -2.18. The molecular weight excluding hydrogens is 809 g/mol. The SMILES string of the molecule is c1cc(-c2ccccc2CN(c2ccccc2-c2ccc3ccccc3c2)c2ccc(-c3ccc4ccccc4c3)c3ccccc23)cc(-n2c3ccccc3c3ccc4ccccc4c32)c1. The van der Waals surface area contributed by atoms with Gasteiger partial charge in [0.15, 0.2) is 0 Å². The molecule has 0 atom stereocenters. The van der Waals surface area contributed by atoms with Crippen LogP contribution >= 0.6 is 0 Å². The van der Waals surface area contributed by atoms with Crippen LogP contribution in [0.1, 0.15) is 5.56 Å². The zero-order valence-electron chi connectivity index (χ0n) is 36.9. The number of hydrogen-bond acceptors (Lipinski definition) is 1. The highest BCUT2D eigenvalue weighted by Gasteiger charge is 2.22. The molecule has 1 aromatic heterocycles. The van der Waals surface area contributed by atoms with E-state index in [2.05, 4.69) is 264 Å². The Morgan fingerprint density at radius 1 is 0.299 bits per heavy atom. The smallest absolute Gasteiger partial charge is 0.0619 e. The van der Waals surface area contributed by atoms with Crippen molar-refractivity contribution in [2.45, 2.75) is 6.54 Å². The molecule has 67 heavy (non-hydrogen) atoms. The van der Waals surface area contributed by atoms with Crippen molar-refractivity contribution >= 4 is 76.3 Å². The second-order valence-electron chi connectivity index (χ2n) is 17.6. The number of rotatable bonds is 8. The Morgan fingerprint density at radius 3 is 1.64 bits per heavy atom. The Kier molecular flexibility index (Phi) is 9.28. The summed E-state index contributed by atoms with van der Waals surface area (Å²) in [4.78, 5) is 2.55. The summed E-state index contributed by atoms with van der Waals surface area (Å²) in [5.74, 6) is 0. The van der Waals surface area contributed by atoms with Crippen molar-refractivity contribution in [2.75, 3.05) is 4.90 Å². The molecule has 0 aliphatic heterocycles. The second kappa shape index (κ2) is 16.1. The predicted octanol–water partition coefficient (Wildman–Crippen LogP) is 17.7. The van der Waals surface area contributed by atoms with Gasteiger partial charge in [-0.25, -0.2) is 0 Å². The monoisotopic (exact) mass is 852 g/mol. The molecular formula is C65H44N2. The Balaban J connectivity index is 0.993. The molecule has 13 rings (SSSR count). The third-order valence-electron chi connectivity index (χ3n) is 13.8. The molecule has 0 saturated carbocycles. The molecule has 0 radical (unpaired) electrons. The average molecular weight is 853 g/mol. The number of hydrogen-bond donors (Lipinski definition) is 0. The minimum atomic E-state index is 0.643. The fraction of sp³-hybridized carbons (Fsp3) is 0.0154. The van der Waals surface area contributed by atoms with Crippen molar-refractivity contribution in [1.29, 1.82) is 0 Å². The first-order chi connectivity index (χ1) is 33.2. The number of fused-ring (bicyclic) bond motifs is 8. The zero-order chi connectivity index (χ0) is 44.3. The van der Waals surface area contributed by atoms with E-state index in [0.717, 1.165) is 17.1 Å². The van der Waals surface area contributed by atoms with Crippen LogP contribution in [0.4, 0.5) is 11.4 Å². The Morgan fingerprint density at radius 2 is 0.866 bits per heavy atom. The van der Waals surface area contributed by atoms with E-state index < -0.39 is 0 Å². The summed E-state index contributed by atoms with van der Waals surface area (Å²) >= 11 is 0.